The number of benzene rings is 3. The van der Waals surface area contributed by atoms with Crippen LogP contribution in [0.1, 0.15) is 28.0 Å². The van der Waals surface area contributed by atoms with Crippen LogP contribution in [0.25, 0.3) is 10.8 Å². The van der Waals surface area contributed by atoms with E-state index in [1.54, 1.807) is 18.2 Å². The third-order valence-corrected chi connectivity index (χ3v) is 5.03. The highest BCUT2D eigenvalue weighted by atomic mass is 16.2. The molecule has 0 aliphatic carbocycles. The van der Waals surface area contributed by atoms with Gasteiger partial charge in [0.1, 0.15) is 0 Å². The quantitative estimate of drug-likeness (QED) is 0.483. The van der Waals surface area contributed by atoms with Crippen LogP contribution in [0.4, 0.5) is 0 Å². The van der Waals surface area contributed by atoms with Gasteiger partial charge in [0.05, 0.1) is 11.9 Å². The van der Waals surface area contributed by atoms with Crippen LogP contribution in [0.5, 0.6) is 0 Å². The van der Waals surface area contributed by atoms with Crippen molar-refractivity contribution in [2.45, 2.75) is 19.4 Å². The van der Waals surface area contributed by atoms with E-state index in [1.807, 2.05) is 54.6 Å². The molecule has 0 fully saturated rings. The molecule has 0 atom stereocenters. The van der Waals surface area contributed by atoms with Gasteiger partial charge in [-0.1, -0.05) is 78.9 Å². The summed E-state index contributed by atoms with van der Waals surface area (Å²) in [7, 11) is 0. The second kappa shape index (κ2) is 9.18. The Morgan fingerprint density at radius 1 is 0.800 bits per heavy atom. The zero-order valence-electron chi connectivity index (χ0n) is 16.6. The maximum absolute atomic E-state index is 12.9. The minimum absolute atomic E-state index is 0.199. The Labute approximate surface area is 175 Å². The van der Waals surface area contributed by atoms with E-state index in [4.69, 9.17) is 0 Å². The first-order valence-electron chi connectivity index (χ1n) is 10.1. The van der Waals surface area contributed by atoms with Crippen molar-refractivity contribution in [2.24, 2.45) is 0 Å². The minimum Gasteiger partial charge on any atom is -0.351 e. The molecule has 1 heterocycles. The number of carbonyl (C=O) groups is 1. The fourth-order valence-corrected chi connectivity index (χ4v) is 3.49. The standard InChI is InChI=1S/C25H23N3O2/c29-24(26-17-9-14-19-10-3-1-4-11-19)23-21-15-7-8-16-22(21)25(30)28(27-23)18-20-12-5-2-6-13-20/h1-8,10-13,15-16H,9,14,17-18H2,(H,26,29). The first-order valence-corrected chi connectivity index (χ1v) is 10.1. The number of hydrogen-bond acceptors (Lipinski definition) is 3. The van der Waals surface area contributed by atoms with Gasteiger partial charge < -0.3 is 5.32 Å². The molecule has 5 heteroatoms. The number of aryl methyl sites for hydroxylation is 1. The second-order valence-corrected chi connectivity index (χ2v) is 7.19. The zero-order valence-corrected chi connectivity index (χ0v) is 16.6. The van der Waals surface area contributed by atoms with E-state index in [1.165, 1.54) is 10.2 Å². The summed E-state index contributed by atoms with van der Waals surface area (Å²) in [5.41, 5.74) is 2.28. The fourth-order valence-electron chi connectivity index (χ4n) is 3.49. The summed E-state index contributed by atoms with van der Waals surface area (Å²) in [4.78, 5) is 25.8. The minimum atomic E-state index is -0.263. The predicted molar refractivity (Wildman–Crippen MR) is 119 cm³/mol. The number of hydrogen-bond donors (Lipinski definition) is 1. The lowest BCUT2D eigenvalue weighted by Crippen LogP contribution is -2.31. The van der Waals surface area contributed by atoms with E-state index >= 15 is 0 Å². The lowest BCUT2D eigenvalue weighted by Gasteiger charge is -2.11. The largest absolute Gasteiger partial charge is 0.351 e. The molecule has 4 aromatic rings. The highest BCUT2D eigenvalue weighted by molar-refractivity contribution is 6.04. The van der Waals surface area contributed by atoms with Crippen molar-refractivity contribution in [3.8, 4) is 0 Å². The third-order valence-electron chi connectivity index (χ3n) is 5.03. The van der Waals surface area contributed by atoms with E-state index in [2.05, 4.69) is 22.5 Å². The fraction of sp³-hybridized carbons (Fsp3) is 0.160. The summed E-state index contributed by atoms with van der Waals surface area (Å²) >= 11 is 0. The molecule has 0 aliphatic heterocycles. The van der Waals surface area contributed by atoms with Crippen molar-refractivity contribution in [1.29, 1.82) is 0 Å². The maximum Gasteiger partial charge on any atom is 0.274 e. The highest BCUT2D eigenvalue weighted by Gasteiger charge is 2.16. The summed E-state index contributed by atoms with van der Waals surface area (Å²) in [6, 6.07) is 27.0. The molecule has 150 valence electrons. The monoisotopic (exact) mass is 397 g/mol. The Kier molecular flexibility index (Phi) is 5.99. The number of rotatable bonds is 7. The summed E-state index contributed by atoms with van der Waals surface area (Å²) in [5.74, 6) is -0.263. The van der Waals surface area contributed by atoms with Crippen LogP contribution < -0.4 is 10.9 Å². The first-order chi connectivity index (χ1) is 14.7. The molecule has 0 aliphatic rings. The summed E-state index contributed by atoms with van der Waals surface area (Å²) < 4.78 is 1.37. The molecular weight excluding hydrogens is 374 g/mol. The lowest BCUT2D eigenvalue weighted by atomic mass is 10.1. The molecule has 0 saturated heterocycles. The number of amides is 1. The van der Waals surface area contributed by atoms with E-state index in [0.29, 0.717) is 23.9 Å². The summed E-state index contributed by atoms with van der Waals surface area (Å²) in [6.45, 7) is 0.861. The van der Waals surface area contributed by atoms with Gasteiger partial charge >= 0.3 is 0 Å². The Balaban J connectivity index is 1.55. The molecular formula is C25H23N3O2. The number of aromatic nitrogens is 2. The van der Waals surface area contributed by atoms with Crippen LogP contribution >= 0.6 is 0 Å². The number of fused-ring (bicyclic) bond motifs is 1. The predicted octanol–water partition coefficient (Wildman–Crippen LogP) is 3.81. The van der Waals surface area contributed by atoms with Crippen molar-refractivity contribution in [3.63, 3.8) is 0 Å². The van der Waals surface area contributed by atoms with Crippen LogP contribution in [-0.2, 0) is 13.0 Å². The van der Waals surface area contributed by atoms with Gasteiger partial charge in [0.15, 0.2) is 5.69 Å². The van der Waals surface area contributed by atoms with Gasteiger partial charge in [-0.2, -0.15) is 5.10 Å². The molecule has 3 aromatic carbocycles. The maximum atomic E-state index is 12.9. The SMILES string of the molecule is O=C(NCCCc1ccccc1)c1nn(Cc2ccccc2)c(=O)c2ccccc12. The summed E-state index contributed by atoms with van der Waals surface area (Å²) in [5, 5.41) is 8.45. The van der Waals surface area contributed by atoms with Crippen LogP contribution in [0.15, 0.2) is 89.7 Å². The van der Waals surface area contributed by atoms with E-state index in [-0.39, 0.29) is 17.2 Å². The van der Waals surface area contributed by atoms with Gasteiger partial charge in [0.2, 0.25) is 0 Å². The van der Waals surface area contributed by atoms with Gasteiger partial charge in [-0.15, -0.1) is 0 Å². The van der Waals surface area contributed by atoms with E-state index < -0.39 is 0 Å². The van der Waals surface area contributed by atoms with Crippen molar-refractivity contribution in [1.82, 2.24) is 15.1 Å². The Morgan fingerprint density at radius 2 is 1.40 bits per heavy atom. The Hall–Kier alpha value is -3.73. The lowest BCUT2D eigenvalue weighted by molar-refractivity contribution is 0.0948. The molecule has 4 rings (SSSR count). The third kappa shape index (κ3) is 4.46. The Bertz CT molecular complexity index is 1200. The molecule has 0 unspecified atom stereocenters. The van der Waals surface area contributed by atoms with Gasteiger partial charge in [0.25, 0.3) is 11.5 Å². The molecule has 0 bridgehead atoms. The first kappa shape index (κ1) is 19.6. The second-order valence-electron chi connectivity index (χ2n) is 7.19. The molecule has 30 heavy (non-hydrogen) atoms. The molecule has 1 amide bonds. The molecule has 0 radical (unpaired) electrons. The molecule has 1 N–H and O–H groups in total. The smallest absolute Gasteiger partial charge is 0.274 e. The van der Waals surface area contributed by atoms with Gasteiger partial charge in [-0.3, -0.25) is 9.59 Å². The molecule has 0 saturated carbocycles. The molecule has 0 spiro atoms. The van der Waals surface area contributed by atoms with Crippen molar-refractivity contribution >= 4 is 16.7 Å². The van der Waals surface area contributed by atoms with Crippen LogP contribution in [0, 0.1) is 0 Å². The van der Waals surface area contributed by atoms with E-state index in [9.17, 15) is 9.59 Å². The Morgan fingerprint density at radius 3 is 2.10 bits per heavy atom. The van der Waals surface area contributed by atoms with Crippen LogP contribution in [0.3, 0.4) is 0 Å². The number of carbonyl (C=O) groups excluding carboxylic acids is 1. The van der Waals surface area contributed by atoms with Gasteiger partial charge in [0, 0.05) is 11.9 Å². The average Bonchev–Trinajstić information content (AvgIpc) is 2.80. The zero-order chi connectivity index (χ0) is 20.8. The van der Waals surface area contributed by atoms with Crippen molar-refractivity contribution in [3.05, 3.63) is 112 Å². The van der Waals surface area contributed by atoms with Crippen LogP contribution in [0.2, 0.25) is 0 Å². The van der Waals surface area contributed by atoms with E-state index in [0.717, 1.165) is 18.4 Å². The van der Waals surface area contributed by atoms with Gasteiger partial charge in [-0.25, -0.2) is 4.68 Å². The number of nitrogens with zero attached hydrogens (tertiary/aromatic N) is 2. The highest BCUT2D eigenvalue weighted by Crippen LogP contribution is 2.14. The molecule has 5 nitrogen and oxygen atoms in total. The molecule has 1 aromatic heterocycles. The average molecular weight is 397 g/mol. The summed E-state index contributed by atoms with van der Waals surface area (Å²) in [6.07, 6.45) is 1.72. The topological polar surface area (TPSA) is 64.0 Å². The van der Waals surface area contributed by atoms with Crippen molar-refractivity contribution in [2.75, 3.05) is 6.54 Å². The van der Waals surface area contributed by atoms with Crippen LogP contribution in [-0.4, -0.2) is 22.2 Å². The van der Waals surface area contributed by atoms with Gasteiger partial charge in [-0.05, 0) is 30.0 Å². The van der Waals surface area contributed by atoms with Crippen molar-refractivity contribution < 1.29 is 4.79 Å². The normalized spacial score (nSPS) is 10.8. The number of nitrogens with one attached hydrogen (secondary N) is 1.